The van der Waals surface area contributed by atoms with Crippen LogP contribution in [0.15, 0.2) is 42.5 Å². The Morgan fingerprint density at radius 3 is 2.65 bits per heavy atom. The molecule has 0 aliphatic carbocycles. The molecule has 2 aromatic rings. The van der Waals surface area contributed by atoms with E-state index in [0.717, 1.165) is 11.1 Å². The van der Waals surface area contributed by atoms with Gasteiger partial charge < -0.3 is 10.1 Å². The number of hydrogen-bond acceptors (Lipinski definition) is 3. The number of halogens is 3. The molecule has 1 amide bonds. The third kappa shape index (κ3) is 3.48. The third-order valence-corrected chi connectivity index (χ3v) is 6.36. The van der Waals surface area contributed by atoms with E-state index in [1.807, 2.05) is 24.3 Å². The van der Waals surface area contributed by atoms with E-state index in [9.17, 15) is 9.59 Å². The predicted molar refractivity (Wildman–Crippen MR) is 106 cm³/mol. The van der Waals surface area contributed by atoms with E-state index in [1.165, 1.54) is 7.11 Å². The molecule has 1 aliphatic rings. The highest BCUT2D eigenvalue weighted by atomic mass is 79.9. The van der Waals surface area contributed by atoms with E-state index in [2.05, 4.69) is 21.2 Å². The summed E-state index contributed by atoms with van der Waals surface area (Å²) >= 11 is 15.9. The number of ether oxygens (including phenoxy) is 1. The highest BCUT2D eigenvalue weighted by Crippen LogP contribution is 2.53. The highest BCUT2D eigenvalue weighted by molar-refractivity contribution is 9.10. The van der Waals surface area contributed by atoms with Gasteiger partial charge in [-0.1, -0.05) is 57.3 Å². The molecule has 7 heteroatoms. The predicted octanol–water partition coefficient (Wildman–Crippen LogP) is 5.27. The molecule has 0 saturated heterocycles. The summed E-state index contributed by atoms with van der Waals surface area (Å²) in [6.45, 7) is 0. The lowest BCUT2D eigenvalue weighted by molar-refractivity contribution is -0.141. The summed E-state index contributed by atoms with van der Waals surface area (Å²) in [7, 11) is 1.35. The fourth-order valence-corrected chi connectivity index (χ4v) is 4.61. The van der Waals surface area contributed by atoms with Crippen molar-refractivity contribution >= 4 is 56.7 Å². The minimum atomic E-state index is -1.04. The number of hydrogen-bond donors (Lipinski definition) is 1. The highest BCUT2D eigenvalue weighted by Gasteiger charge is 2.51. The van der Waals surface area contributed by atoms with Crippen LogP contribution in [0.3, 0.4) is 0 Å². The molecule has 1 N–H and O–H groups in total. The maximum absolute atomic E-state index is 12.9. The van der Waals surface area contributed by atoms with E-state index < -0.39 is 4.32 Å². The number of anilines is 1. The molecule has 26 heavy (non-hydrogen) atoms. The van der Waals surface area contributed by atoms with Crippen LogP contribution >= 0.6 is 39.1 Å². The van der Waals surface area contributed by atoms with E-state index in [0.29, 0.717) is 22.2 Å². The van der Waals surface area contributed by atoms with Crippen LogP contribution in [0, 0.1) is 0 Å². The number of fused-ring (bicyclic) bond motifs is 1. The van der Waals surface area contributed by atoms with Gasteiger partial charge in [-0.05, 0) is 36.2 Å². The van der Waals surface area contributed by atoms with Gasteiger partial charge >= 0.3 is 5.97 Å². The van der Waals surface area contributed by atoms with Crippen molar-refractivity contribution in [3.8, 4) is 0 Å². The zero-order valence-corrected chi connectivity index (χ0v) is 17.0. The first-order chi connectivity index (χ1) is 12.4. The van der Waals surface area contributed by atoms with Crippen molar-refractivity contribution in [1.82, 2.24) is 0 Å². The first-order valence-electron chi connectivity index (χ1n) is 7.99. The third-order valence-electron chi connectivity index (χ3n) is 4.55. The van der Waals surface area contributed by atoms with E-state index in [1.54, 1.807) is 18.2 Å². The summed E-state index contributed by atoms with van der Waals surface area (Å²) in [4.78, 5) is 24.7. The van der Waals surface area contributed by atoms with Crippen LogP contribution in [0.5, 0.6) is 0 Å². The number of rotatable bonds is 5. The molecule has 0 saturated carbocycles. The van der Waals surface area contributed by atoms with Gasteiger partial charge in [0.1, 0.15) is 4.32 Å². The molecule has 2 atom stereocenters. The van der Waals surface area contributed by atoms with Crippen molar-refractivity contribution in [2.45, 2.75) is 23.1 Å². The number of nitrogens with one attached hydrogen (secondary N) is 1. The lowest BCUT2D eigenvalue weighted by Gasteiger charge is -2.31. The van der Waals surface area contributed by atoms with Crippen molar-refractivity contribution in [2.75, 3.05) is 12.4 Å². The number of methoxy groups -OCH3 is 1. The zero-order valence-electron chi connectivity index (χ0n) is 13.9. The largest absolute Gasteiger partial charge is 0.469 e. The summed E-state index contributed by atoms with van der Waals surface area (Å²) in [6.07, 6.45) is 0.588. The van der Waals surface area contributed by atoms with Gasteiger partial charge in [0, 0.05) is 33.6 Å². The number of alkyl halides is 1. The summed E-state index contributed by atoms with van der Waals surface area (Å²) < 4.78 is 3.73. The first-order valence-corrected chi connectivity index (χ1v) is 9.54. The molecule has 0 fully saturated rings. The van der Waals surface area contributed by atoms with Crippen LogP contribution in [0.2, 0.25) is 10.0 Å². The van der Waals surface area contributed by atoms with Gasteiger partial charge in [0.05, 0.1) is 7.11 Å². The van der Waals surface area contributed by atoms with Crippen molar-refractivity contribution in [3.63, 3.8) is 0 Å². The number of carbonyl (C=O) groups is 2. The second-order valence-corrected chi connectivity index (χ2v) is 8.20. The molecule has 3 rings (SSSR count). The topological polar surface area (TPSA) is 55.4 Å². The van der Waals surface area contributed by atoms with Gasteiger partial charge in [0.25, 0.3) is 0 Å². The summed E-state index contributed by atoms with van der Waals surface area (Å²) in [5, 5.41) is 3.98. The van der Waals surface area contributed by atoms with E-state index >= 15 is 0 Å². The quantitative estimate of drug-likeness (QED) is 0.492. The molecule has 0 spiro atoms. The van der Waals surface area contributed by atoms with E-state index in [4.69, 9.17) is 27.9 Å². The molecule has 2 aromatic carbocycles. The Morgan fingerprint density at radius 1 is 1.23 bits per heavy atom. The van der Waals surface area contributed by atoms with Crippen LogP contribution in [0.25, 0.3) is 0 Å². The molecule has 1 heterocycles. The minimum absolute atomic E-state index is 0.178. The van der Waals surface area contributed by atoms with Gasteiger partial charge in [0.2, 0.25) is 5.91 Å². The lowest BCUT2D eigenvalue weighted by Crippen LogP contribution is -2.35. The van der Waals surface area contributed by atoms with Gasteiger partial charge in [-0.2, -0.15) is 0 Å². The molecule has 0 bridgehead atoms. The maximum atomic E-state index is 12.9. The molecule has 2 unspecified atom stereocenters. The second kappa shape index (κ2) is 7.59. The molecule has 0 aromatic heterocycles. The van der Waals surface area contributed by atoms with Crippen LogP contribution < -0.4 is 5.32 Å². The summed E-state index contributed by atoms with van der Waals surface area (Å²) in [6, 6.07) is 12.6. The van der Waals surface area contributed by atoms with Gasteiger partial charge in [-0.25, -0.2) is 0 Å². The molecule has 4 nitrogen and oxygen atoms in total. The number of carbonyl (C=O) groups excluding carboxylic acids is 2. The molecular weight excluding hydrogens is 441 g/mol. The fraction of sp³-hybridized carbons (Fsp3) is 0.263. The molecule has 136 valence electrons. The standard InChI is InChI=1S/C19H16BrCl2NO3/c1-26-17(24)8-7-14(11-3-2-4-12(21)9-11)19(20)15-6-5-13(22)10-16(15)23-18(19)25/h2-6,9-10,14H,7-8H2,1H3,(H,23,25). The van der Waals surface area contributed by atoms with Crippen LogP contribution in [0.1, 0.15) is 29.9 Å². The monoisotopic (exact) mass is 455 g/mol. The van der Waals surface area contributed by atoms with Crippen molar-refractivity contribution in [3.05, 3.63) is 63.6 Å². The number of esters is 1. The van der Waals surface area contributed by atoms with Crippen molar-refractivity contribution in [1.29, 1.82) is 0 Å². The summed E-state index contributed by atoms with van der Waals surface area (Å²) in [5.41, 5.74) is 2.29. The Hall–Kier alpha value is -1.56. The Balaban J connectivity index is 2.09. The fourth-order valence-electron chi connectivity index (χ4n) is 3.30. The average Bonchev–Trinajstić information content (AvgIpc) is 2.85. The Morgan fingerprint density at radius 2 is 1.96 bits per heavy atom. The molecule has 1 aliphatic heterocycles. The first kappa shape index (κ1) is 19.2. The second-order valence-electron chi connectivity index (χ2n) is 6.08. The summed E-state index contributed by atoms with van der Waals surface area (Å²) in [5.74, 6) is -0.866. The smallest absolute Gasteiger partial charge is 0.305 e. The lowest BCUT2D eigenvalue weighted by atomic mass is 9.79. The van der Waals surface area contributed by atoms with Crippen molar-refractivity contribution < 1.29 is 14.3 Å². The van der Waals surface area contributed by atoms with E-state index in [-0.39, 0.29) is 24.2 Å². The minimum Gasteiger partial charge on any atom is -0.469 e. The van der Waals surface area contributed by atoms with Gasteiger partial charge in [0.15, 0.2) is 0 Å². The van der Waals surface area contributed by atoms with Crippen molar-refractivity contribution in [2.24, 2.45) is 0 Å². The average molecular weight is 457 g/mol. The molecular formula is C19H16BrCl2NO3. The normalized spacial score (nSPS) is 19.6. The maximum Gasteiger partial charge on any atom is 0.305 e. The van der Waals surface area contributed by atoms with Gasteiger partial charge in [-0.15, -0.1) is 0 Å². The SMILES string of the molecule is COC(=O)CCC(c1cccc(Cl)c1)C1(Br)C(=O)Nc2cc(Cl)ccc21. The van der Waals surface area contributed by atoms with Crippen LogP contribution in [0.4, 0.5) is 5.69 Å². The zero-order chi connectivity index (χ0) is 18.9. The Labute approximate surface area is 169 Å². The number of amides is 1. The van der Waals surface area contributed by atoms with Gasteiger partial charge in [-0.3, -0.25) is 9.59 Å². The molecule has 0 radical (unpaired) electrons. The number of benzene rings is 2. The Bertz CT molecular complexity index is 874. The van der Waals surface area contributed by atoms with Crippen LogP contribution in [-0.2, 0) is 18.7 Å². The Kier molecular flexibility index (Phi) is 5.61. The van der Waals surface area contributed by atoms with Crippen LogP contribution in [-0.4, -0.2) is 19.0 Å².